The summed E-state index contributed by atoms with van der Waals surface area (Å²) in [5.74, 6) is 0.831. The van der Waals surface area contributed by atoms with E-state index in [1.165, 1.54) is 36.2 Å². The molecule has 0 spiro atoms. The maximum Gasteiger partial charge on any atom is 0.263 e. The molecule has 0 saturated carbocycles. The van der Waals surface area contributed by atoms with Gasteiger partial charge in [0.05, 0.1) is 19.3 Å². The molecule has 2 heterocycles. The number of carbonyl (C=O) groups excluding carboxylic acids is 1. The van der Waals surface area contributed by atoms with E-state index in [1.807, 2.05) is 31.2 Å². The maximum atomic E-state index is 12.5. The van der Waals surface area contributed by atoms with Crippen molar-refractivity contribution in [1.82, 2.24) is 15.2 Å². The zero-order chi connectivity index (χ0) is 18.4. The molecule has 1 aromatic carbocycles. The van der Waals surface area contributed by atoms with Crippen LogP contribution in [-0.2, 0) is 13.0 Å². The molecule has 1 fully saturated rings. The van der Waals surface area contributed by atoms with Crippen molar-refractivity contribution in [2.75, 3.05) is 26.7 Å². The van der Waals surface area contributed by atoms with E-state index in [2.05, 4.69) is 15.2 Å². The minimum absolute atomic E-state index is 0.0154. The van der Waals surface area contributed by atoms with E-state index >= 15 is 0 Å². The number of carbonyl (C=O) groups is 1. The van der Waals surface area contributed by atoms with Crippen LogP contribution in [0.4, 0.5) is 0 Å². The van der Waals surface area contributed by atoms with Gasteiger partial charge in [0, 0.05) is 6.54 Å². The zero-order valence-corrected chi connectivity index (χ0v) is 16.4. The first-order valence-electron chi connectivity index (χ1n) is 9.25. The molecule has 1 aliphatic rings. The molecule has 26 heavy (non-hydrogen) atoms. The summed E-state index contributed by atoms with van der Waals surface area (Å²) >= 11 is 1.53. The van der Waals surface area contributed by atoms with Crippen LogP contribution in [0.25, 0.3) is 0 Å². The summed E-state index contributed by atoms with van der Waals surface area (Å²) in [6, 6.07) is 7.94. The molecule has 1 saturated heterocycles. The van der Waals surface area contributed by atoms with Crippen molar-refractivity contribution < 1.29 is 9.53 Å². The molecule has 140 valence electrons. The van der Waals surface area contributed by atoms with Crippen LogP contribution in [0.5, 0.6) is 5.75 Å². The van der Waals surface area contributed by atoms with E-state index in [0.717, 1.165) is 47.4 Å². The highest BCUT2D eigenvalue weighted by Gasteiger charge is 2.17. The third-order valence-corrected chi connectivity index (χ3v) is 5.85. The van der Waals surface area contributed by atoms with Crippen LogP contribution in [-0.4, -0.2) is 42.5 Å². The predicted molar refractivity (Wildman–Crippen MR) is 105 cm³/mol. The van der Waals surface area contributed by atoms with Gasteiger partial charge in [-0.15, -0.1) is 11.3 Å². The van der Waals surface area contributed by atoms with Gasteiger partial charge in [-0.2, -0.15) is 0 Å². The van der Waals surface area contributed by atoms with Crippen LogP contribution in [0.3, 0.4) is 0 Å². The SMILES string of the molecule is COc1ccc(CCNC(=O)c2sc(CN3CCCCC3)nc2C)cc1. The number of hydrogen-bond acceptors (Lipinski definition) is 5. The molecule has 6 heteroatoms. The molecular weight excluding hydrogens is 346 g/mol. The number of nitrogens with zero attached hydrogens (tertiary/aromatic N) is 2. The molecule has 1 aliphatic heterocycles. The lowest BCUT2D eigenvalue weighted by Crippen LogP contribution is -2.29. The fourth-order valence-electron chi connectivity index (χ4n) is 3.23. The number of piperidine rings is 1. The van der Waals surface area contributed by atoms with Gasteiger partial charge < -0.3 is 10.1 Å². The number of thiazole rings is 1. The van der Waals surface area contributed by atoms with Gasteiger partial charge in [-0.1, -0.05) is 18.6 Å². The van der Waals surface area contributed by atoms with Crippen LogP contribution < -0.4 is 10.1 Å². The average Bonchev–Trinajstić information content (AvgIpc) is 3.03. The van der Waals surface area contributed by atoms with Crippen molar-refractivity contribution in [3.8, 4) is 5.75 Å². The lowest BCUT2D eigenvalue weighted by molar-refractivity contribution is 0.0957. The first kappa shape index (κ1) is 18.9. The predicted octanol–water partition coefficient (Wildman–Crippen LogP) is 3.42. The summed E-state index contributed by atoms with van der Waals surface area (Å²) in [5, 5.41) is 4.07. The normalized spacial score (nSPS) is 15.0. The van der Waals surface area contributed by atoms with Crippen molar-refractivity contribution in [2.45, 2.75) is 39.2 Å². The van der Waals surface area contributed by atoms with Gasteiger partial charge >= 0.3 is 0 Å². The molecule has 0 aliphatic carbocycles. The van der Waals surface area contributed by atoms with Crippen molar-refractivity contribution in [1.29, 1.82) is 0 Å². The van der Waals surface area contributed by atoms with E-state index in [-0.39, 0.29) is 5.91 Å². The minimum Gasteiger partial charge on any atom is -0.497 e. The van der Waals surface area contributed by atoms with Crippen molar-refractivity contribution in [2.24, 2.45) is 0 Å². The Labute approximate surface area is 159 Å². The largest absolute Gasteiger partial charge is 0.497 e. The lowest BCUT2D eigenvalue weighted by atomic mass is 10.1. The van der Waals surface area contributed by atoms with E-state index in [1.54, 1.807) is 7.11 Å². The smallest absolute Gasteiger partial charge is 0.263 e. The fraction of sp³-hybridized carbons (Fsp3) is 0.500. The Balaban J connectivity index is 1.50. The van der Waals surface area contributed by atoms with Crippen molar-refractivity contribution >= 4 is 17.2 Å². The Morgan fingerprint density at radius 3 is 2.65 bits per heavy atom. The number of benzene rings is 1. The van der Waals surface area contributed by atoms with E-state index in [9.17, 15) is 4.79 Å². The number of rotatable bonds is 7. The number of hydrogen-bond donors (Lipinski definition) is 1. The number of ether oxygens (including phenoxy) is 1. The van der Waals surface area contributed by atoms with Crippen LogP contribution in [0.2, 0.25) is 0 Å². The molecule has 1 aromatic heterocycles. The van der Waals surface area contributed by atoms with Crippen molar-refractivity contribution in [3.63, 3.8) is 0 Å². The molecule has 3 rings (SSSR count). The summed E-state index contributed by atoms with van der Waals surface area (Å²) in [6.45, 7) is 5.69. The van der Waals surface area contributed by atoms with Crippen LogP contribution in [0, 0.1) is 6.92 Å². The molecule has 2 aromatic rings. The Hall–Kier alpha value is -1.92. The van der Waals surface area contributed by atoms with Gasteiger partial charge in [0.15, 0.2) is 0 Å². The van der Waals surface area contributed by atoms with Gasteiger partial charge in [0.1, 0.15) is 15.6 Å². The highest BCUT2D eigenvalue weighted by Crippen LogP contribution is 2.21. The Bertz CT molecular complexity index is 721. The maximum absolute atomic E-state index is 12.5. The number of amides is 1. The third-order valence-electron chi connectivity index (χ3n) is 4.71. The summed E-state index contributed by atoms with van der Waals surface area (Å²) in [5.41, 5.74) is 2.02. The minimum atomic E-state index is -0.0154. The molecular formula is C20H27N3O2S. The second-order valence-corrected chi connectivity index (χ2v) is 7.80. The Kier molecular flexibility index (Phi) is 6.63. The van der Waals surface area contributed by atoms with Gasteiger partial charge in [-0.25, -0.2) is 4.98 Å². The molecule has 1 N–H and O–H groups in total. The average molecular weight is 374 g/mol. The molecule has 0 radical (unpaired) electrons. The Morgan fingerprint density at radius 1 is 1.23 bits per heavy atom. The second kappa shape index (κ2) is 9.14. The molecule has 0 bridgehead atoms. The summed E-state index contributed by atoms with van der Waals surface area (Å²) in [4.78, 5) is 20.3. The molecule has 0 unspecified atom stereocenters. The third kappa shape index (κ3) is 5.05. The van der Waals surface area contributed by atoms with Gasteiger partial charge in [-0.05, 0) is 57.0 Å². The lowest BCUT2D eigenvalue weighted by Gasteiger charge is -2.25. The Morgan fingerprint density at radius 2 is 1.96 bits per heavy atom. The summed E-state index contributed by atoms with van der Waals surface area (Å²) in [7, 11) is 1.66. The number of aryl methyl sites for hydroxylation is 1. The van der Waals surface area contributed by atoms with E-state index < -0.39 is 0 Å². The second-order valence-electron chi connectivity index (χ2n) is 6.71. The van der Waals surface area contributed by atoms with Crippen LogP contribution >= 0.6 is 11.3 Å². The van der Waals surface area contributed by atoms with Gasteiger partial charge in [0.2, 0.25) is 0 Å². The molecule has 5 nitrogen and oxygen atoms in total. The van der Waals surface area contributed by atoms with Crippen LogP contribution in [0.1, 0.15) is 45.2 Å². The van der Waals surface area contributed by atoms with Gasteiger partial charge in [-0.3, -0.25) is 9.69 Å². The first-order chi connectivity index (χ1) is 12.7. The number of likely N-dealkylation sites (tertiary alicyclic amines) is 1. The summed E-state index contributed by atoms with van der Waals surface area (Å²) < 4.78 is 5.16. The van der Waals surface area contributed by atoms with E-state index in [0.29, 0.717) is 6.54 Å². The quantitative estimate of drug-likeness (QED) is 0.808. The topological polar surface area (TPSA) is 54.5 Å². The molecule has 0 atom stereocenters. The highest BCUT2D eigenvalue weighted by atomic mass is 32.1. The first-order valence-corrected chi connectivity index (χ1v) is 10.1. The van der Waals surface area contributed by atoms with Crippen LogP contribution in [0.15, 0.2) is 24.3 Å². The standard InChI is InChI=1S/C20H27N3O2S/c1-15-19(26-18(22-15)14-23-12-4-3-5-13-23)20(24)21-11-10-16-6-8-17(25-2)9-7-16/h6-9H,3-5,10-14H2,1-2H3,(H,21,24). The van der Waals surface area contributed by atoms with Gasteiger partial charge in [0.25, 0.3) is 5.91 Å². The zero-order valence-electron chi connectivity index (χ0n) is 15.6. The highest BCUT2D eigenvalue weighted by molar-refractivity contribution is 7.13. The number of methoxy groups -OCH3 is 1. The number of nitrogens with one attached hydrogen (secondary N) is 1. The molecule has 1 amide bonds. The monoisotopic (exact) mass is 373 g/mol. The summed E-state index contributed by atoms with van der Waals surface area (Å²) in [6.07, 6.45) is 4.66. The van der Waals surface area contributed by atoms with E-state index in [4.69, 9.17) is 4.74 Å². The fourth-order valence-corrected chi connectivity index (χ4v) is 4.26. The number of aromatic nitrogens is 1. The van der Waals surface area contributed by atoms with Crippen molar-refractivity contribution in [3.05, 3.63) is 45.4 Å².